The number of hydrogen-bond donors (Lipinski definition) is 1. The summed E-state index contributed by atoms with van der Waals surface area (Å²) >= 11 is 6.13. The van der Waals surface area contributed by atoms with Crippen LogP contribution in [0.1, 0.15) is 24.2 Å². The van der Waals surface area contributed by atoms with Crippen molar-refractivity contribution in [3.8, 4) is 5.75 Å². The molecule has 1 aromatic carbocycles. The summed E-state index contributed by atoms with van der Waals surface area (Å²) < 4.78 is 10.7. The van der Waals surface area contributed by atoms with E-state index in [1.807, 2.05) is 19.1 Å². The third-order valence-corrected chi connectivity index (χ3v) is 2.92. The van der Waals surface area contributed by atoms with Gasteiger partial charge >= 0.3 is 0 Å². The number of halogens is 1. The Hall–Kier alpha value is -1.59. The highest BCUT2D eigenvalue weighted by Gasteiger charge is 2.10. The second kappa shape index (κ2) is 6.54. The van der Waals surface area contributed by atoms with Crippen LogP contribution in [0.3, 0.4) is 0 Å². The van der Waals surface area contributed by atoms with Gasteiger partial charge in [-0.05, 0) is 24.6 Å². The minimum atomic E-state index is 0.227. The molecule has 0 amide bonds. The van der Waals surface area contributed by atoms with Crippen molar-refractivity contribution in [3.63, 3.8) is 0 Å². The van der Waals surface area contributed by atoms with Crippen LogP contribution >= 0.6 is 11.6 Å². The van der Waals surface area contributed by atoms with Gasteiger partial charge in [-0.25, -0.2) is 0 Å². The lowest BCUT2D eigenvalue weighted by atomic mass is 10.1. The first-order chi connectivity index (χ1) is 9.24. The number of para-hydroxylation sites is 1. The molecule has 0 aliphatic carbocycles. The van der Waals surface area contributed by atoms with Crippen LogP contribution in [0, 0.1) is 0 Å². The average Bonchev–Trinajstić information content (AvgIpc) is 2.86. The third-order valence-electron chi connectivity index (χ3n) is 2.62. The van der Waals surface area contributed by atoms with Crippen LogP contribution in [0.2, 0.25) is 5.02 Å². The zero-order chi connectivity index (χ0) is 13.7. The molecule has 0 saturated carbocycles. The molecule has 0 atom stereocenters. The van der Waals surface area contributed by atoms with Crippen molar-refractivity contribution in [2.45, 2.75) is 26.4 Å². The van der Waals surface area contributed by atoms with E-state index in [4.69, 9.17) is 26.6 Å². The highest BCUT2D eigenvalue weighted by molar-refractivity contribution is 6.32. The minimum absolute atomic E-state index is 0.227. The summed E-state index contributed by atoms with van der Waals surface area (Å²) in [6, 6.07) is 5.61. The first-order valence-electron chi connectivity index (χ1n) is 6.16. The SMILES string of the molecule is CCc1nc(COc2c(Cl)cccc2CCN)no1. The first kappa shape index (κ1) is 13.8. The Kier molecular flexibility index (Phi) is 4.76. The molecule has 0 spiro atoms. The Labute approximate surface area is 116 Å². The van der Waals surface area contributed by atoms with Crippen LogP contribution in [0.5, 0.6) is 5.75 Å². The fraction of sp³-hybridized carbons (Fsp3) is 0.385. The predicted molar refractivity (Wildman–Crippen MR) is 72.2 cm³/mol. The quantitative estimate of drug-likeness (QED) is 0.880. The molecule has 0 bridgehead atoms. The van der Waals surface area contributed by atoms with Crippen molar-refractivity contribution in [1.82, 2.24) is 10.1 Å². The number of benzene rings is 1. The number of rotatable bonds is 6. The van der Waals surface area contributed by atoms with E-state index in [0.717, 1.165) is 5.56 Å². The Balaban J connectivity index is 2.09. The topological polar surface area (TPSA) is 74.2 Å². The predicted octanol–water partition coefficient (Wildman–Crippen LogP) is 2.37. The molecule has 1 heterocycles. The van der Waals surface area contributed by atoms with Crippen LogP contribution in [0.4, 0.5) is 0 Å². The third kappa shape index (κ3) is 3.45. The van der Waals surface area contributed by atoms with Crippen molar-refractivity contribution >= 4 is 11.6 Å². The van der Waals surface area contributed by atoms with Gasteiger partial charge in [-0.15, -0.1) is 0 Å². The molecule has 0 saturated heterocycles. The van der Waals surface area contributed by atoms with E-state index >= 15 is 0 Å². The van der Waals surface area contributed by atoms with Gasteiger partial charge < -0.3 is 15.0 Å². The molecule has 6 heteroatoms. The minimum Gasteiger partial charge on any atom is -0.484 e. The van der Waals surface area contributed by atoms with Crippen molar-refractivity contribution in [2.24, 2.45) is 5.73 Å². The van der Waals surface area contributed by atoms with Crippen molar-refractivity contribution < 1.29 is 9.26 Å². The lowest BCUT2D eigenvalue weighted by molar-refractivity contribution is 0.283. The van der Waals surface area contributed by atoms with E-state index in [1.165, 1.54) is 0 Å². The van der Waals surface area contributed by atoms with E-state index in [2.05, 4.69) is 10.1 Å². The zero-order valence-electron chi connectivity index (χ0n) is 10.7. The maximum atomic E-state index is 6.13. The van der Waals surface area contributed by atoms with Crippen LogP contribution < -0.4 is 10.5 Å². The van der Waals surface area contributed by atoms with E-state index in [1.54, 1.807) is 6.07 Å². The van der Waals surface area contributed by atoms with Gasteiger partial charge in [0.25, 0.3) is 0 Å². The number of nitrogens with zero attached hydrogens (tertiary/aromatic N) is 2. The monoisotopic (exact) mass is 281 g/mol. The average molecular weight is 282 g/mol. The second-order valence-corrected chi connectivity index (χ2v) is 4.42. The largest absolute Gasteiger partial charge is 0.484 e. The summed E-state index contributed by atoms with van der Waals surface area (Å²) in [6.45, 7) is 2.72. The lowest BCUT2D eigenvalue weighted by Gasteiger charge is -2.11. The maximum Gasteiger partial charge on any atom is 0.226 e. The molecule has 1 aromatic heterocycles. The zero-order valence-corrected chi connectivity index (χ0v) is 11.5. The van der Waals surface area contributed by atoms with Gasteiger partial charge in [-0.1, -0.05) is 35.8 Å². The summed E-state index contributed by atoms with van der Waals surface area (Å²) in [5.74, 6) is 1.74. The number of ether oxygens (including phenoxy) is 1. The maximum absolute atomic E-state index is 6.13. The van der Waals surface area contributed by atoms with Gasteiger partial charge in [0, 0.05) is 6.42 Å². The number of nitrogens with two attached hydrogens (primary N) is 1. The summed E-state index contributed by atoms with van der Waals surface area (Å²) in [5.41, 5.74) is 6.55. The summed E-state index contributed by atoms with van der Waals surface area (Å²) in [4.78, 5) is 4.18. The van der Waals surface area contributed by atoms with Gasteiger partial charge in [-0.3, -0.25) is 0 Å². The highest BCUT2D eigenvalue weighted by atomic mass is 35.5. The lowest BCUT2D eigenvalue weighted by Crippen LogP contribution is -2.06. The van der Waals surface area contributed by atoms with Gasteiger partial charge in [0.2, 0.25) is 11.7 Å². The molecule has 0 unspecified atom stereocenters. The molecule has 5 nitrogen and oxygen atoms in total. The Morgan fingerprint density at radius 3 is 2.95 bits per heavy atom. The van der Waals surface area contributed by atoms with Gasteiger partial charge in [0.15, 0.2) is 6.61 Å². The molecular formula is C13H16ClN3O2. The molecule has 2 rings (SSSR count). The normalized spacial score (nSPS) is 10.7. The van der Waals surface area contributed by atoms with Crippen LogP contribution in [0.25, 0.3) is 0 Å². The van der Waals surface area contributed by atoms with E-state index in [-0.39, 0.29) is 6.61 Å². The molecular weight excluding hydrogens is 266 g/mol. The smallest absolute Gasteiger partial charge is 0.226 e. The standard InChI is InChI=1S/C13H16ClN3O2/c1-2-12-16-11(17-19-12)8-18-13-9(6-7-15)4-3-5-10(13)14/h3-5H,2,6-8,15H2,1H3. The fourth-order valence-electron chi connectivity index (χ4n) is 1.70. The molecule has 0 aliphatic heterocycles. The molecule has 0 fully saturated rings. The van der Waals surface area contributed by atoms with E-state index in [9.17, 15) is 0 Å². The highest BCUT2D eigenvalue weighted by Crippen LogP contribution is 2.29. The van der Waals surface area contributed by atoms with Crippen LogP contribution in [0.15, 0.2) is 22.7 Å². The number of aromatic nitrogens is 2. The number of aryl methyl sites for hydroxylation is 1. The van der Waals surface area contributed by atoms with Crippen molar-refractivity contribution in [1.29, 1.82) is 0 Å². The van der Waals surface area contributed by atoms with Crippen molar-refractivity contribution in [2.75, 3.05) is 6.54 Å². The summed E-state index contributed by atoms with van der Waals surface area (Å²) in [7, 11) is 0. The Morgan fingerprint density at radius 2 is 2.26 bits per heavy atom. The summed E-state index contributed by atoms with van der Waals surface area (Å²) in [6.07, 6.45) is 1.42. The number of hydrogen-bond acceptors (Lipinski definition) is 5. The molecule has 2 aromatic rings. The van der Waals surface area contributed by atoms with Gasteiger partial charge in [0.1, 0.15) is 5.75 Å². The first-order valence-corrected chi connectivity index (χ1v) is 6.54. The fourth-order valence-corrected chi connectivity index (χ4v) is 1.95. The molecule has 0 radical (unpaired) electrons. The van der Waals surface area contributed by atoms with Crippen LogP contribution in [-0.4, -0.2) is 16.7 Å². The van der Waals surface area contributed by atoms with Crippen molar-refractivity contribution in [3.05, 3.63) is 40.5 Å². The Bertz CT molecular complexity index is 542. The Morgan fingerprint density at radius 1 is 1.42 bits per heavy atom. The van der Waals surface area contributed by atoms with Crippen LogP contribution in [-0.2, 0) is 19.4 Å². The van der Waals surface area contributed by atoms with E-state index in [0.29, 0.717) is 41.9 Å². The second-order valence-electron chi connectivity index (χ2n) is 4.01. The van der Waals surface area contributed by atoms with E-state index < -0.39 is 0 Å². The molecule has 102 valence electrons. The summed E-state index contributed by atoms with van der Waals surface area (Å²) in [5, 5.41) is 4.39. The molecule has 2 N–H and O–H groups in total. The molecule has 19 heavy (non-hydrogen) atoms. The van der Waals surface area contributed by atoms with Gasteiger partial charge in [-0.2, -0.15) is 4.98 Å². The molecule has 0 aliphatic rings. The van der Waals surface area contributed by atoms with Gasteiger partial charge in [0.05, 0.1) is 5.02 Å².